The molecule has 0 heterocycles. The molecule has 106 valence electrons. The van der Waals surface area contributed by atoms with Gasteiger partial charge in [0.2, 0.25) is 0 Å². The summed E-state index contributed by atoms with van der Waals surface area (Å²) in [6, 6.07) is 8.03. The van der Waals surface area contributed by atoms with Gasteiger partial charge in [-0.05, 0) is 24.1 Å². The predicted octanol–water partition coefficient (Wildman–Crippen LogP) is 3.07. The summed E-state index contributed by atoms with van der Waals surface area (Å²) in [5.41, 5.74) is 2.23. The zero-order valence-electron chi connectivity index (χ0n) is 12.1. The molecule has 19 heavy (non-hydrogen) atoms. The first-order valence-electron chi connectivity index (χ1n) is 7.12. The van der Waals surface area contributed by atoms with Gasteiger partial charge in [0.1, 0.15) is 0 Å². The lowest BCUT2D eigenvalue weighted by Crippen LogP contribution is -2.17. The molecule has 1 rings (SSSR count). The molecule has 1 aromatic carbocycles. The molecule has 0 aromatic heterocycles. The van der Waals surface area contributed by atoms with Crippen molar-refractivity contribution in [1.82, 2.24) is 5.32 Å². The Morgan fingerprint density at radius 2 is 1.89 bits per heavy atom. The molecule has 0 aliphatic heterocycles. The minimum Gasteiger partial charge on any atom is -0.469 e. The molecule has 0 spiro atoms. The van der Waals surface area contributed by atoms with Crippen molar-refractivity contribution in [2.45, 2.75) is 45.6 Å². The molecule has 0 amide bonds. The van der Waals surface area contributed by atoms with Crippen LogP contribution >= 0.6 is 0 Å². The molecule has 0 saturated heterocycles. The van der Waals surface area contributed by atoms with Crippen LogP contribution in [-0.4, -0.2) is 19.6 Å². The summed E-state index contributed by atoms with van der Waals surface area (Å²) in [7, 11) is 1.43. The average Bonchev–Trinajstić information content (AvgIpc) is 2.44. The maximum absolute atomic E-state index is 11.3. The van der Waals surface area contributed by atoms with Crippen LogP contribution in [0, 0.1) is 0 Å². The maximum atomic E-state index is 11.3. The maximum Gasteiger partial charge on any atom is 0.309 e. The molecule has 0 fully saturated rings. The molecule has 1 N–H and O–H groups in total. The van der Waals surface area contributed by atoms with Gasteiger partial charge in [-0.25, -0.2) is 0 Å². The number of esters is 1. The molecule has 3 nitrogen and oxygen atoms in total. The molecule has 0 aliphatic carbocycles. The largest absolute Gasteiger partial charge is 0.469 e. The number of benzene rings is 1. The Labute approximate surface area is 116 Å². The smallest absolute Gasteiger partial charge is 0.309 e. The van der Waals surface area contributed by atoms with Crippen LogP contribution in [0.3, 0.4) is 0 Å². The summed E-state index contributed by atoms with van der Waals surface area (Å²) in [5.74, 6) is -0.185. The highest BCUT2D eigenvalue weighted by molar-refractivity contribution is 5.72. The second kappa shape index (κ2) is 9.56. The van der Waals surface area contributed by atoms with Gasteiger partial charge in [0.15, 0.2) is 0 Å². The molecule has 0 radical (unpaired) electrons. The van der Waals surface area contributed by atoms with Gasteiger partial charge in [0.25, 0.3) is 0 Å². The van der Waals surface area contributed by atoms with Crippen LogP contribution in [0.25, 0.3) is 0 Å². The highest BCUT2D eigenvalue weighted by Gasteiger charge is 2.07. The molecule has 1 aromatic rings. The van der Waals surface area contributed by atoms with Gasteiger partial charge in [-0.3, -0.25) is 4.79 Å². The normalized spacial score (nSPS) is 10.4. The molecular weight excluding hydrogens is 238 g/mol. The van der Waals surface area contributed by atoms with E-state index in [9.17, 15) is 4.79 Å². The summed E-state index contributed by atoms with van der Waals surface area (Å²) in [5, 5.41) is 3.44. The Balaban J connectivity index is 2.38. The highest BCUT2D eigenvalue weighted by atomic mass is 16.5. The minimum absolute atomic E-state index is 0.185. The molecule has 0 bridgehead atoms. The van der Waals surface area contributed by atoms with E-state index in [0.717, 1.165) is 18.7 Å². The van der Waals surface area contributed by atoms with E-state index in [1.165, 1.54) is 38.4 Å². The Hall–Kier alpha value is -1.35. The number of rotatable bonds is 9. The van der Waals surface area contributed by atoms with E-state index >= 15 is 0 Å². The third-order valence-corrected chi connectivity index (χ3v) is 3.20. The monoisotopic (exact) mass is 263 g/mol. The number of carbonyl (C=O) groups is 1. The van der Waals surface area contributed by atoms with Crippen molar-refractivity contribution in [3.8, 4) is 0 Å². The Morgan fingerprint density at radius 1 is 1.16 bits per heavy atom. The fraction of sp³-hybridized carbons (Fsp3) is 0.562. The van der Waals surface area contributed by atoms with Gasteiger partial charge in [-0.2, -0.15) is 0 Å². The second-order valence-corrected chi connectivity index (χ2v) is 4.76. The van der Waals surface area contributed by atoms with E-state index in [4.69, 9.17) is 4.74 Å². The van der Waals surface area contributed by atoms with Gasteiger partial charge in [-0.1, -0.05) is 50.5 Å². The topological polar surface area (TPSA) is 38.3 Å². The lowest BCUT2D eigenvalue weighted by molar-refractivity contribution is -0.139. The molecule has 3 heteroatoms. The van der Waals surface area contributed by atoms with Gasteiger partial charge in [-0.15, -0.1) is 0 Å². The predicted molar refractivity (Wildman–Crippen MR) is 78.0 cm³/mol. The third kappa shape index (κ3) is 6.39. The van der Waals surface area contributed by atoms with E-state index in [-0.39, 0.29) is 5.97 Å². The summed E-state index contributed by atoms with van der Waals surface area (Å²) in [6.07, 6.45) is 5.42. The zero-order valence-corrected chi connectivity index (χ0v) is 12.1. The molecule has 0 atom stereocenters. The Bertz CT molecular complexity index is 377. The van der Waals surface area contributed by atoms with Crippen molar-refractivity contribution in [3.05, 3.63) is 35.4 Å². The highest BCUT2D eigenvalue weighted by Crippen LogP contribution is 2.10. The molecule has 0 aliphatic rings. The molecular formula is C16H25NO2. The van der Waals surface area contributed by atoms with Crippen LogP contribution in [0.2, 0.25) is 0 Å². The standard InChI is InChI=1S/C16H25NO2/c1-3-4-5-8-11-17-13-15-10-7-6-9-14(15)12-16(18)19-2/h6-7,9-10,17H,3-5,8,11-13H2,1-2H3. The fourth-order valence-corrected chi connectivity index (χ4v) is 2.03. The van der Waals surface area contributed by atoms with Crippen molar-refractivity contribution in [1.29, 1.82) is 0 Å². The molecule has 0 saturated carbocycles. The lowest BCUT2D eigenvalue weighted by Gasteiger charge is -2.09. The zero-order chi connectivity index (χ0) is 13.9. The van der Waals surface area contributed by atoms with E-state index in [2.05, 4.69) is 18.3 Å². The van der Waals surface area contributed by atoms with E-state index in [0.29, 0.717) is 6.42 Å². The van der Waals surface area contributed by atoms with Crippen LogP contribution < -0.4 is 5.32 Å². The lowest BCUT2D eigenvalue weighted by atomic mass is 10.0. The van der Waals surface area contributed by atoms with Crippen molar-refractivity contribution < 1.29 is 9.53 Å². The number of hydrogen-bond acceptors (Lipinski definition) is 3. The van der Waals surface area contributed by atoms with Crippen molar-refractivity contribution in [2.24, 2.45) is 0 Å². The van der Waals surface area contributed by atoms with Gasteiger partial charge < -0.3 is 10.1 Å². The van der Waals surface area contributed by atoms with Crippen molar-refractivity contribution >= 4 is 5.97 Å². The van der Waals surface area contributed by atoms with E-state index in [1.54, 1.807) is 0 Å². The van der Waals surface area contributed by atoms with E-state index < -0.39 is 0 Å². The number of methoxy groups -OCH3 is 1. The van der Waals surface area contributed by atoms with Gasteiger partial charge in [0.05, 0.1) is 13.5 Å². The van der Waals surface area contributed by atoms with Gasteiger partial charge >= 0.3 is 5.97 Å². The quantitative estimate of drug-likeness (QED) is 0.549. The Kier molecular flexibility index (Phi) is 7.91. The average molecular weight is 263 g/mol. The second-order valence-electron chi connectivity index (χ2n) is 4.76. The van der Waals surface area contributed by atoms with Crippen LogP contribution in [0.4, 0.5) is 0 Å². The van der Waals surface area contributed by atoms with E-state index in [1.807, 2.05) is 18.2 Å². The summed E-state index contributed by atoms with van der Waals surface area (Å²) >= 11 is 0. The number of ether oxygens (including phenoxy) is 1. The fourth-order valence-electron chi connectivity index (χ4n) is 2.03. The van der Waals surface area contributed by atoms with Crippen LogP contribution in [0.15, 0.2) is 24.3 Å². The number of nitrogens with one attached hydrogen (secondary N) is 1. The molecule has 0 unspecified atom stereocenters. The number of carbonyl (C=O) groups excluding carboxylic acids is 1. The SMILES string of the molecule is CCCCCCNCc1ccccc1CC(=O)OC. The van der Waals surface area contributed by atoms with Crippen LogP contribution in [-0.2, 0) is 22.5 Å². The number of hydrogen-bond donors (Lipinski definition) is 1. The Morgan fingerprint density at radius 3 is 2.58 bits per heavy atom. The van der Waals surface area contributed by atoms with Gasteiger partial charge in [0, 0.05) is 6.54 Å². The first-order valence-corrected chi connectivity index (χ1v) is 7.12. The van der Waals surface area contributed by atoms with Crippen LogP contribution in [0.1, 0.15) is 43.7 Å². The van der Waals surface area contributed by atoms with Crippen molar-refractivity contribution in [2.75, 3.05) is 13.7 Å². The summed E-state index contributed by atoms with van der Waals surface area (Å²) in [6.45, 7) is 4.07. The summed E-state index contributed by atoms with van der Waals surface area (Å²) in [4.78, 5) is 11.3. The minimum atomic E-state index is -0.185. The first-order chi connectivity index (χ1) is 9.27. The number of unbranched alkanes of at least 4 members (excludes halogenated alkanes) is 3. The first kappa shape index (κ1) is 15.7. The summed E-state index contributed by atoms with van der Waals surface area (Å²) < 4.78 is 4.72. The van der Waals surface area contributed by atoms with Crippen LogP contribution in [0.5, 0.6) is 0 Å². The van der Waals surface area contributed by atoms with Crippen molar-refractivity contribution in [3.63, 3.8) is 0 Å². The third-order valence-electron chi connectivity index (χ3n) is 3.20.